The average Bonchev–Trinajstić information content (AvgIpc) is 2.48. The second kappa shape index (κ2) is 8.53. The maximum atomic E-state index is 12.0. The quantitative estimate of drug-likeness (QED) is 0.678. The zero-order valence-corrected chi connectivity index (χ0v) is 13.3. The van der Waals surface area contributed by atoms with E-state index < -0.39 is 17.8 Å². The molecule has 0 heterocycles. The summed E-state index contributed by atoms with van der Waals surface area (Å²) in [5, 5.41) is 11.8. The number of carbonyl (C=O) groups is 2. The largest absolute Gasteiger partial charge is 0.493 e. The van der Waals surface area contributed by atoms with Gasteiger partial charge in [0.05, 0.1) is 18.4 Å². The van der Waals surface area contributed by atoms with Gasteiger partial charge in [0.15, 0.2) is 0 Å². The van der Waals surface area contributed by atoms with Crippen LogP contribution in [-0.4, -0.2) is 37.3 Å². The Morgan fingerprint density at radius 2 is 2.04 bits per heavy atom. The third kappa shape index (κ3) is 4.96. The number of ether oxygens (including phenoxy) is 2. The van der Waals surface area contributed by atoms with Crippen LogP contribution >= 0.6 is 0 Å². The molecule has 0 spiro atoms. The van der Waals surface area contributed by atoms with Gasteiger partial charge in [-0.3, -0.25) is 9.59 Å². The number of benzene rings is 1. The summed E-state index contributed by atoms with van der Waals surface area (Å²) in [7, 11) is 1.65. The summed E-state index contributed by atoms with van der Waals surface area (Å²) >= 11 is 0. The van der Waals surface area contributed by atoms with Crippen LogP contribution in [0.15, 0.2) is 24.3 Å². The molecule has 2 N–H and O–H groups in total. The Bertz CT molecular complexity index is 546. The van der Waals surface area contributed by atoms with Crippen molar-refractivity contribution < 1.29 is 24.2 Å². The summed E-state index contributed by atoms with van der Waals surface area (Å²) < 4.78 is 10.6. The Morgan fingerprint density at radius 3 is 2.70 bits per heavy atom. The standard InChI is InChI=1S/C17H23NO5/c1-22-8-3-9-23-13-5-2-4-12(10-13)11-18-16(19)14-6-7-15(14)17(20)21/h2,4-5,10,14-15H,3,6-9,11H2,1H3,(H,18,19)(H,20,21). The first-order valence-corrected chi connectivity index (χ1v) is 7.83. The molecule has 2 rings (SSSR count). The lowest BCUT2D eigenvalue weighted by molar-refractivity contribution is -0.152. The van der Waals surface area contributed by atoms with E-state index in [-0.39, 0.29) is 5.91 Å². The number of hydrogen-bond acceptors (Lipinski definition) is 4. The van der Waals surface area contributed by atoms with Gasteiger partial charge in [0.2, 0.25) is 5.91 Å². The van der Waals surface area contributed by atoms with Gasteiger partial charge in [-0.25, -0.2) is 0 Å². The predicted octanol–water partition coefficient (Wildman–Crippen LogP) is 1.83. The summed E-state index contributed by atoms with van der Waals surface area (Å²) in [6.45, 7) is 1.60. The number of nitrogens with one attached hydrogen (secondary N) is 1. The van der Waals surface area contributed by atoms with E-state index in [0.717, 1.165) is 17.7 Å². The molecule has 0 bridgehead atoms. The van der Waals surface area contributed by atoms with Gasteiger partial charge in [-0.15, -0.1) is 0 Å². The van der Waals surface area contributed by atoms with Gasteiger partial charge in [-0.2, -0.15) is 0 Å². The third-order valence-electron chi connectivity index (χ3n) is 4.06. The highest BCUT2D eigenvalue weighted by molar-refractivity contribution is 5.86. The Hall–Kier alpha value is -2.08. The van der Waals surface area contributed by atoms with Gasteiger partial charge in [-0.05, 0) is 30.5 Å². The smallest absolute Gasteiger partial charge is 0.307 e. The molecule has 0 aliphatic heterocycles. The molecular weight excluding hydrogens is 298 g/mol. The summed E-state index contributed by atoms with van der Waals surface area (Å²) in [4.78, 5) is 23.0. The zero-order chi connectivity index (χ0) is 16.7. The SMILES string of the molecule is COCCCOc1cccc(CNC(=O)C2CCC2C(=O)O)c1. The average molecular weight is 321 g/mol. The van der Waals surface area contributed by atoms with Crippen molar-refractivity contribution >= 4 is 11.9 Å². The Labute approximate surface area is 135 Å². The number of methoxy groups -OCH3 is 1. The molecule has 1 aromatic carbocycles. The molecule has 2 atom stereocenters. The minimum atomic E-state index is -0.886. The van der Waals surface area contributed by atoms with Crippen molar-refractivity contribution in [3.05, 3.63) is 29.8 Å². The summed E-state index contributed by atoms with van der Waals surface area (Å²) in [5.74, 6) is -1.26. The highest BCUT2D eigenvalue weighted by Crippen LogP contribution is 2.34. The van der Waals surface area contributed by atoms with E-state index >= 15 is 0 Å². The first-order valence-electron chi connectivity index (χ1n) is 7.83. The molecule has 1 fully saturated rings. The topological polar surface area (TPSA) is 84.9 Å². The number of carbonyl (C=O) groups excluding carboxylic acids is 1. The van der Waals surface area contributed by atoms with Crippen molar-refractivity contribution in [3.8, 4) is 5.75 Å². The van der Waals surface area contributed by atoms with Crippen molar-refractivity contribution in [2.75, 3.05) is 20.3 Å². The molecular formula is C17H23NO5. The molecule has 23 heavy (non-hydrogen) atoms. The Balaban J connectivity index is 1.79. The first-order chi connectivity index (χ1) is 11.1. The van der Waals surface area contributed by atoms with E-state index in [1.54, 1.807) is 7.11 Å². The molecule has 1 saturated carbocycles. The summed E-state index contributed by atoms with van der Waals surface area (Å²) in [6.07, 6.45) is 2.04. The molecule has 126 valence electrons. The van der Waals surface area contributed by atoms with Crippen molar-refractivity contribution in [2.45, 2.75) is 25.8 Å². The fourth-order valence-corrected chi connectivity index (χ4v) is 2.57. The van der Waals surface area contributed by atoms with Gasteiger partial charge in [0.25, 0.3) is 0 Å². The molecule has 6 heteroatoms. The molecule has 1 aliphatic rings. The second-order valence-corrected chi connectivity index (χ2v) is 5.69. The Kier molecular flexibility index (Phi) is 6.40. The summed E-state index contributed by atoms with van der Waals surface area (Å²) in [5.41, 5.74) is 0.925. The molecule has 0 radical (unpaired) electrons. The molecule has 1 amide bonds. The van der Waals surface area contributed by atoms with Crippen LogP contribution in [0, 0.1) is 11.8 Å². The number of rotatable bonds is 9. The fourth-order valence-electron chi connectivity index (χ4n) is 2.57. The number of hydrogen-bond donors (Lipinski definition) is 2. The van der Waals surface area contributed by atoms with Crippen molar-refractivity contribution in [3.63, 3.8) is 0 Å². The van der Waals surface area contributed by atoms with Crippen LogP contribution in [0.25, 0.3) is 0 Å². The number of carboxylic acids is 1. The molecule has 0 saturated heterocycles. The van der Waals surface area contributed by atoms with Crippen molar-refractivity contribution in [2.24, 2.45) is 11.8 Å². The van der Waals surface area contributed by atoms with Crippen LogP contribution in [0.5, 0.6) is 5.75 Å². The van der Waals surface area contributed by atoms with E-state index in [2.05, 4.69) is 5.32 Å². The van der Waals surface area contributed by atoms with Gasteiger partial charge in [-0.1, -0.05) is 12.1 Å². The molecule has 1 aromatic rings. The van der Waals surface area contributed by atoms with Crippen LogP contribution in [0.3, 0.4) is 0 Å². The van der Waals surface area contributed by atoms with Gasteiger partial charge in [0, 0.05) is 26.7 Å². The van der Waals surface area contributed by atoms with E-state index in [1.165, 1.54) is 0 Å². The fraction of sp³-hybridized carbons (Fsp3) is 0.529. The molecule has 1 aliphatic carbocycles. The van der Waals surface area contributed by atoms with Crippen LogP contribution in [0.4, 0.5) is 0 Å². The highest BCUT2D eigenvalue weighted by Gasteiger charge is 2.41. The third-order valence-corrected chi connectivity index (χ3v) is 4.06. The normalized spacial score (nSPS) is 19.7. The number of amides is 1. The molecule has 0 aromatic heterocycles. The minimum absolute atomic E-state index is 0.185. The van der Waals surface area contributed by atoms with Gasteiger partial charge >= 0.3 is 5.97 Å². The number of carboxylic acid groups (broad SMARTS) is 1. The van der Waals surface area contributed by atoms with Gasteiger partial charge < -0.3 is 19.9 Å². The number of aliphatic carboxylic acids is 1. The Morgan fingerprint density at radius 1 is 1.26 bits per heavy atom. The van der Waals surface area contributed by atoms with Crippen molar-refractivity contribution in [1.29, 1.82) is 0 Å². The van der Waals surface area contributed by atoms with E-state index in [9.17, 15) is 9.59 Å². The van der Waals surface area contributed by atoms with Crippen LogP contribution in [-0.2, 0) is 20.9 Å². The van der Waals surface area contributed by atoms with Gasteiger partial charge in [0.1, 0.15) is 5.75 Å². The second-order valence-electron chi connectivity index (χ2n) is 5.69. The van der Waals surface area contributed by atoms with E-state index in [1.807, 2.05) is 24.3 Å². The van der Waals surface area contributed by atoms with E-state index in [0.29, 0.717) is 32.6 Å². The van der Waals surface area contributed by atoms with Crippen molar-refractivity contribution in [1.82, 2.24) is 5.32 Å². The summed E-state index contributed by atoms with van der Waals surface area (Å²) in [6, 6.07) is 7.52. The first kappa shape index (κ1) is 17.3. The highest BCUT2D eigenvalue weighted by atomic mass is 16.5. The lowest BCUT2D eigenvalue weighted by Gasteiger charge is -2.31. The lowest BCUT2D eigenvalue weighted by atomic mass is 9.73. The monoisotopic (exact) mass is 321 g/mol. The zero-order valence-electron chi connectivity index (χ0n) is 13.3. The van der Waals surface area contributed by atoms with E-state index in [4.69, 9.17) is 14.6 Å². The predicted molar refractivity (Wildman–Crippen MR) is 84.1 cm³/mol. The molecule has 2 unspecified atom stereocenters. The van der Waals surface area contributed by atoms with Crippen LogP contribution in [0.2, 0.25) is 0 Å². The van der Waals surface area contributed by atoms with Crippen LogP contribution in [0.1, 0.15) is 24.8 Å². The van der Waals surface area contributed by atoms with Crippen LogP contribution < -0.4 is 10.1 Å². The minimum Gasteiger partial charge on any atom is -0.493 e. The maximum Gasteiger partial charge on any atom is 0.307 e. The molecule has 6 nitrogen and oxygen atoms in total. The maximum absolute atomic E-state index is 12.0. The lowest BCUT2D eigenvalue weighted by Crippen LogP contribution is -2.43.